The Morgan fingerprint density at radius 2 is 0.937 bits per heavy atom. The lowest BCUT2D eigenvalue weighted by Crippen LogP contribution is -2.60. The van der Waals surface area contributed by atoms with E-state index in [9.17, 15) is 35.4 Å². The van der Waals surface area contributed by atoms with Crippen molar-refractivity contribution in [2.45, 2.75) is 281 Å². The minimum atomic E-state index is -1.62. The molecule has 1 rings (SSSR count). The van der Waals surface area contributed by atoms with Gasteiger partial charge in [-0.05, 0) is 38.5 Å². The normalized spacial score (nSPS) is 20.9. The van der Waals surface area contributed by atoms with Crippen molar-refractivity contribution in [1.82, 2.24) is 5.32 Å². The Morgan fingerprint density at radius 1 is 0.540 bits per heavy atom. The fraction of sp³-hybridized carbons (Fsp3) is 0.868. The summed E-state index contributed by atoms with van der Waals surface area (Å²) in [6.07, 6.45) is 44.0. The minimum Gasteiger partial charge on any atom is -0.394 e. The van der Waals surface area contributed by atoms with E-state index in [1.807, 2.05) is 6.08 Å². The first-order chi connectivity index (χ1) is 30.8. The molecule has 1 aliphatic heterocycles. The van der Waals surface area contributed by atoms with Crippen LogP contribution in [0.4, 0.5) is 0 Å². The molecule has 0 aromatic carbocycles. The fourth-order valence-electron chi connectivity index (χ4n) is 8.24. The van der Waals surface area contributed by atoms with Crippen LogP contribution in [0, 0.1) is 0 Å². The van der Waals surface area contributed by atoms with Crippen molar-refractivity contribution in [1.29, 1.82) is 0 Å². The molecule has 1 fully saturated rings. The minimum absolute atomic E-state index is 0.304. The molecule has 0 spiro atoms. The molecule has 1 amide bonds. The number of ether oxygens (including phenoxy) is 2. The van der Waals surface area contributed by atoms with Crippen molar-refractivity contribution >= 4 is 5.91 Å². The number of amides is 1. The zero-order valence-corrected chi connectivity index (χ0v) is 40.4. The van der Waals surface area contributed by atoms with E-state index in [1.54, 1.807) is 6.08 Å². The molecule has 1 aliphatic rings. The van der Waals surface area contributed by atoms with Crippen molar-refractivity contribution < 1.29 is 44.9 Å². The molecule has 0 aromatic rings. The second-order valence-corrected chi connectivity index (χ2v) is 18.4. The first-order valence-electron chi connectivity index (χ1n) is 26.3. The lowest BCUT2D eigenvalue weighted by atomic mass is 9.99. The highest BCUT2D eigenvalue weighted by molar-refractivity contribution is 5.80. The molecule has 0 aromatic heterocycles. The van der Waals surface area contributed by atoms with Gasteiger partial charge in [0, 0.05) is 0 Å². The molecular formula is C53H99NO9. The summed E-state index contributed by atoms with van der Waals surface area (Å²) in [5.74, 6) is -0.629. The standard InChI is InChI=1S/C53H99NO9/c1-3-5-7-9-11-13-15-17-18-19-20-21-22-23-24-25-26-27-28-29-30-32-34-36-38-40-42-47(57)52(61)54-45(44-62-53-51(60)50(59)49(58)48(43-55)63-53)46(56)41-39-37-35-33-31-16-14-12-10-8-6-4-2/h10,12,31,33,39,41,45-51,53,55-60H,3-9,11,13-30,32,34-38,40,42-44H2,1-2H3,(H,54,61)/b12-10+,33-31+,41-39+. The molecule has 1 saturated heterocycles. The lowest BCUT2D eigenvalue weighted by Gasteiger charge is -2.40. The van der Waals surface area contributed by atoms with Gasteiger partial charge in [0.2, 0.25) is 5.91 Å². The van der Waals surface area contributed by atoms with E-state index < -0.39 is 61.5 Å². The molecule has 63 heavy (non-hydrogen) atoms. The Kier molecular flexibility index (Phi) is 40.5. The predicted octanol–water partition coefficient (Wildman–Crippen LogP) is 11.0. The molecule has 8 atom stereocenters. The smallest absolute Gasteiger partial charge is 0.249 e. The molecule has 370 valence electrons. The average molecular weight is 894 g/mol. The molecule has 7 N–H and O–H groups in total. The summed E-state index contributed by atoms with van der Waals surface area (Å²) < 4.78 is 11.1. The van der Waals surface area contributed by atoms with E-state index in [0.717, 1.165) is 44.9 Å². The fourth-order valence-corrected chi connectivity index (χ4v) is 8.24. The Hall–Kier alpha value is -1.63. The largest absolute Gasteiger partial charge is 0.394 e. The average Bonchev–Trinajstić information content (AvgIpc) is 3.28. The Labute approximate surface area is 385 Å². The highest BCUT2D eigenvalue weighted by atomic mass is 16.7. The van der Waals surface area contributed by atoms with Gasteiger partial charge in [-0.25, -0.2) is 0 Å². The quantitative estimate of drug-likeness (QED) is 0.0232. The Morgan fingerprint density at radius 3 is 1.37 bits per heavy atom. The zero-order valence-electron chi connectivity index (χ0n) is 40.4. The van der Waals surface area contributed by atoms with Crippen LogP contribution in [0.25, 0.3) is 0 Å². The molecular weight excluding hydrogens is 795 g/mol. The summed E-state index contributed by atoms with van der Waals surface area (Å²) in [4.78, 5) is 13.1. The molecule has 0 bridgehead atoms. The highest BCUT2D eigenvalue weighted by Gasteiger charge is 2.44. The number of carbonyl (C=O) groups is 1. The lowest BCUT2D eigenvalue weighted by molar-refractivity contribution is -0.302. The third-order valence-corrected chi connectivity index (χ3v) is 12.6. The number of hydrogen-bond donors (Lipinski definition) is 7. The van der Waals surface area contributed by atoms with Crippen LogP contribution in [0.5, 0.6) is 0 Å². The van der Waals surface area contributed by atoms with Crippen molar-refractivity contribution in [3.63, 3.8) is 0 Å². The number of hydrogen-bond acceptors (Lipinski definition) is 9. The number of aliphatic hydroxyl groups is 6. The number of carbonyl (C=O) groups excluding carboxylic acids is 1. The van der Waals surface area contributed by atoms with Gasteiger partial charge in [-0.3, -0.25) is 4.79 Å². The number of nitrogens with one attached hydrogen (secondary N) is 1. The molecule has 0 aliphatic carbocycles. The molecule has 8 unspecified atom stereocenters. The van der Waals surface area contributed by atoms with Crippen molar-refractivity contribution in [2.75, 3.05) is 13.2 Å². The summed E-state index contributed by atoms with van der Waals surface area (Å²) >= 11 is 0. The second-order valence-electron chi connectivity index (χ2n) is 18.4. The SMILES string of the molecule is CCCC/C=C/CC/C=C/CC/C=C/C(O)C(COC1OC(CO)C(O)C(O)C1O)NC(=O)C(O)CCCCCCCCCCCCCCCCCCCCCCCCCCCC. The predicted molar refractivity (Wildman–Crippen MR) is 259 cm³/mol. The summed E-state index contributed by atoms with van der Waals surface area (Å²) in [5, 5.41) is 64.7. The van der Waals surface area contributed by atoms with Gasteiger partial charge in [0.15, 0.2) is 6.29 Å². The van der Waals surface area contributed by atoms with Gasteiger partial charge in [0.05, 0.1) is 25.4 Å². The Balaban J connectivity index is 2.24. The van der Waals surface area contributed by atoms with Crippen molar-refractivity contribution in [3.8, 4) is 0 Å². The van der Waals surface area contributed by atoms with Crippen LogP contribution in [-0.2, 0) is 14.3 Å². The topological polar surface area (TPSA) is 169 Å². The van der Waals surface area contributed by atoms with Gasteiger partial charge in [-0.2, -0.15) is 0 Å². The van der Waals surface area contributed by atoms with Gasteiger partial charge < -0.3 is 45.4 Å². The maximum atomic E-state index is 13.1. The van der Waals surface area contributed by atoms with E-state index in [4.69, 9.17) is 9.47 Å². The molecule has 10 heteroatoms. The monoisotopic (exact) mass is 894 g/mol. The molecule has 10 nitrogen and oxygen atoms in total. The molecule has 0 saturated carbocycles. The van der Waals surface area contributed by atoms with E-state index in [0.29, 0.717) is 19.3 Å². The summed E-state index contributed by atoms with van der Waals surface area (Å²) in [6.45, 7) is 3.55. The molecule has 0 radical (unpaired) electrons. The van der Waals surface area contributed by atoms with Crippen LogP contribution in [0.15, 0.2) is 36.5 Å². The second kappa shape index (κ2) is 43.0. The van der Waals surface area contributed by atoms with Gasteiger partial charge in [0.1, 0.15) is 30.5 Å². The van der Waals surface area contributed by atoms with Crippen molar-refractivity contribution in [3.05, 3.63) is 36.5 Å². The highest BCUT2D eigenvalue weighted by Crippen LogP contribution is 2.23. The van der Waals surface area contributed by atoms with Crippen LogP contribution in [-0.4, -0.2) is 98.7 Å². The van der Waals surface area contributed by atoms with Gasteiger partial charge in [-0.15, -0.1) is 0 Å². The van der Waals surface area contributed by atoms with Crippen LogP contribution >= 0.6 is 0 Å². The summed E-state index contributed by atoms with van der Waals surface area (Å²) in [6, 6.07) is -1.00. The van der Waals surface area contributed by atoms with Crippen molar-refractivity contribution in [2.24, 2.45) is 0 Å². The van der Waals surface area contributed by atoms with Crippen LogP contribution in [0.1, 0.15) is 232 Å². The first-order valence-corrected chi connectivity index (χ1v) is 26.3. The van der Waals surface area contributed by atoms with Crippen LogP contribution in [0.3, 0.4) is 0 Å². The third kappa shape index (κ3) is 32.7. The van der Waals surface area contributed by atoms with E-state index in [2.05, 4.69) is 43.5 Å². The first kappa shape index (κ1) is 59.4. The van der Waals surface area contributed by atoms with E-state index in [-0.39, 0.29) is 6.61 Å². The number of aliphatic hydroxyl groups excluding tert-OH is 6. The van der Waals surface area contributed by atoms with Gasteiger partial charge >= 0.3 is 0 Å². The summed E-state index contributed by atoms with van der Waals surface area (Å²) in [5.41, 5.74) is 0. The van der Waals surface area contributed by atoms with Gasteiger partial charge in [-0.1, -0.05) is 230 Å². The molecule has 1 heterocycles. The van der Waals surface area contributed by atoms with E-state index in [1.165, 1.54) is 154 Å². The van der Waals surface area contributed by atoms with Crippen LogP contribution < -0.4 is 5.32 Å². The zero-order chi connectivity index (χ0) is 46.0. The third-order valence-electron chi connectivity index (χ3n) is 12.6. The summed E-state index contributed by atoms with van der Waals surface area (Å²) in [7, 11) is 0. The van der Waals surface area contributed by atoms with Crippen LogP contribution in [0.2, 0.25) is 0 Å². The van der Waals surface area contributed by atoms with Gasteiger partial charge in [0.25, 0.3) is 0 Å². The number of rotatable bonds is 44. The van der Waals surface area contributed by atoms with E-state index >= 15 is 0 Å². The maximum Gasteiger partial charge on any atom is 0.249 e. The Bertz CT molecular complexity index is 1100. The maximum absolute atomic E-state index is 13.1. The number of allylic oxidation sites excluding steroid dienone is 5. The number of unbranched alkanes of at least 4 members (excludes halogenated alkanes) is 29.